The molecule has 1 amide bonds. The maximum Gasteiger partial charge on any atom is 0.259 e. The molecule has 5 nitrogen and oxygen atoms in total. The molecule has 14 heavy (non-hydrogen) atoms. The second kappa shape index (κ2) is 4.13. The molecule has 0 aromatic carbocycles. The van der Waals surface area contributed by atoms with Crippen LogP contribution >= 0.6 is 0 Å². The van der Waals surface area contributed by atoms with Crippen LogP contribution in [-0.2, 0) is 0 Å². The fourth-order valence-corrected chi connectivity index (χ4v) is 1.13. The molecule has 0 aliphatic carbocycles. The number of hydrogen-bond acceptors (Lipinski definition) is 3. The van der Waals surface area contributed by atoms with Gasteiger partial charge in [-0.3, -0.25) is 9.89 Å². The SMILES string of the molecule is CCC(C)N(C)C(=O)c1cn[nH]c1N. The van der Waals surface area contributed by atoms with Gasteiger partial charge in [0, 0.05) is 13.1 Å². The standard InChI is InChI=1S/C9H16N4O/c1-4-6(2)13(3)9(14)7-5-11-12-8(7)10/h5-6H,4H2,1-3H3,(H3,10,11,12). The first-order valence-electron chi connectivity index (χ1n) is 4.64. The summed E-state index contributed by atoms with van der Waals surface area (Å²) in [5, 5.41) is 6.25. The van der Waals surface area contributed by atoms with Gasteiger partial charge in [0.2, 0.25) is 0 Å². The lowest BCUT2D eigenvalue weighted by molar-refractivity contribution is 0.0741. The molecule has 0 radical (unpaired) electrons. The van der Waals surface area contributed by atoms with E-state index in [1.165, 1.54) is 6.20 Å². The first-order chi connectivity index (χ1) is 6.57. The number of nitrogens with zero attached hydrogens (tertiary/aromatic N) is 2. The summed E-state index contributed by atoms with van der Waals surface area (Å²) >= 11 is 0. The van der Waals surface area contributed by atoms with Crippen LogP contribution in [-0.4, -0.2) is 34.1 Å². The fourth-order valence-electron chi connectivity index (χ4n) is 1.13. The van der Waals surface area contributed by atoms with Crippen molar-refractivity contribution in [1.82, 2.24) is 15.1 Å². The Labute approximate surface area is 83.3 Å². The first-order valence-corrected chi connectivity index (χ1v) is 4.64. The van der Waals surface area contributed by atoms with Gasteiger partial charge in [-0.15, -0.1) is 0 Å². The van der Waals surface area contributed by atoms with Crippen LogP contribution in [0.3, 0.4) is 0 Å². The van der Waals surface area contributed by atoms with Crippen LogP contribution in [0.1, 0.15) is 30.6 Å². The van der Waals surface area contributed by atoms with E-state index >= 15 is 0 Å². The third kappa shape index (κ3) is 1.86. The zero-order valence-electron chi connectivity index (χ0n) is 8.74. The molecule has 0 aliphatic heterocycles. The number of carbonyl (C=O) groups excluding carboxylic acids is 1. The van der Waals surface area contributed by atoms with Gasteiger partial charge in [0.1, 0.15) is 11.4 Å². The van der Waals surface area contributed by atoms with Gasteiger partial charge in [0.05, 0.1) is 6.20 Å². The second-order valence-electron chi connectivity index (χ2n) is 3.37. The van der Waals surface area contributed by atoms with E-state index in [0.717, 1.165) is 6.42 Å². The number of rotatable bonds is 3. The molecule has 0 bridgehead atoms. The van der Waals surface area contributed by atoms with Crippen molar-refractivity contribution in [2.24, 2.45) is 0 Å². The minimum Gasteiger partial charge on any atom is -0.383 e. The number of hydrogen-bond donors (Lipinski definition) is 2. The zero-order chi connectivity index (χ0) is 10.7. The molecule has 0 aliphatic rings. The minimum atomic E-state index is -0.0920. The third-order valence-electron chi connectivity index (χ3n) is 2.47. The van der Waals surface area contributed by atoms with Crippen LogP contribution in [0, 0.1) is 0 Å². The summed E-state index contributed by atoms with van der Waals surface area (Å²) in [5.41, 5.74) is 5.99. The largest absolute Gasteiger partial charge is 0.383 e. The van der Waals surface area contributed by atoms with Crippen molar-refractivity contribution in [3.8, 4) is 0 Å². The Bertz CT molecular complexity index is 320. The van der Waals surface area contributed by atoms with Gasteiger partial charge in [-0.1, -0.05) is 6.92 Å². The van der Waals surface area contributed by atoms with E-state index in [4.69, 9.17) is 5.73 Å². The van der Waals surface area contributed by atoms with E-state index in [-0.39, 0.29) is 11.9 Å². The number of anilines is 1. The average Bonchev–Trinajstić information content (AvgIpc) is 2.61. The van der Waals surface area contributed by atoms with Crippen LogP contribution in [0.4, 0.5) is 5.82 Å². The summed E-state index contributed by atoms with van der Waals surface area (Å²) in [4.78, 5) is 13.5. The molecular weight excluding hydrogens is 180 g/mol. The summed E-state index contributed by atoms with van der Waals surface area (Å²) in [6.45, 7) is 4.03. The molecule has 1 aromatic heterocycles. The van der Waals surface area contributed by atoms with Gasteiger partial charge in [0.25, 0.3) is 5.91 Å². The summed E-state index contributed by atoms with van der Waals surface area (Å²) in [7, 11) is 1.77. The molecule has 0 spiro atoms. The van der Waals surface area contributed by atoms with Gasteiger partial charge in [-0.25, -0.2) is 0 Å². The van der Waals surface area contributed by atoms with E-state index in [1.807, 2.05) is 13.8 Å². The van der Waals surface area contributed by atoms with Crippen molar-refractivity contribution < 1.29 is 4.79 Å². The number of aromatic nitrogens is 2. The molecule has 0 saturated carbocycles. The zero-order valence-corrected chi connectivity index (χ0v) is 8.74. The highest BCUT2D eigenvalue weighted by atomic mass is 16.2. The lowest BCUT2D eigenvalue weighted by Crippen LogP contribution is -2.34. The number of H-pyrrole nitrogens is 1. The second-order valence-corrected chi connectivity index (χ2v) is 3.37. The van der Waals surface area contributed by atoms with Gasteiger partial charge < -0.3 is 10.6 Å². The van der Waals surface area contributed by atoms with Crippen molar-refractivity contribution in [1.29, 1.82) is 0 Å². The van der Waals surface area contributed by atoms with Crippen LogP contribution < -0.4 is 5.73 Å². The van der Waals surface area contributed by atoms with Crippen molar-refractivity contribution in [3.05, 3.63) is 11.8 Å². The fraction of sp³-hybridized carbons (Fsp3) is 0.556. The van der Waals surface area contributed by atoms with Crippen molar-refractivity contribution in [2.75, 3.05) is 12.8 Å². The predicted octanol–water partition coefficient (Wildman–Crippen LogP) is 0.862. The van der Waals surface area contributed by atoms with Crippen LogP contribution in [0.15, 0.2) is 6.20 Å². The molecule has 1 aromatic rings. The molecule has 1 rings (SSSR count). The number of nitrogens with two attached hydrogens (primary N) is 1. The summed E-state index contributed by atoms with van der Waals surface area (Å²) in [6, 6.07) is 0.205. The van der Waals surface area contributed by atoms with E-state index in [0.29, 0.717) is 11.4 Å². The Morgan fingerprint density at radius 1 is 1.79 bits per heavy atom. The third-order valence-corrected chi connectivity index (χ3v) is 2.47. The van der Waals surface area contributed by atoms with Crippen LogP contribution in [0.2, 0.25) is 0 Å². The highest BCUT2D eigenvalue weighted by Gasteiger charge is 2.19. The number of carbonyl (C=O) groups is 1. The Balaban J connectivity index is 2.81. The van der Waals surface area contributed by atoms with Gasteiger partial charge in [-0.2, -0.15) is 5.10 Å². The number of amides is 1. The van der Waals surface area contributed by atoms with Crippen molar-refractivity contribution >= 4 is 11.7 Å². The molecule has 0 saturated heterocycles. The molecule has 1 unspecified atom stereocenters. The highest BCUT2D eigenvalue weighted by Crippen LogP contribution is 2.12. The van der Waals surface area contributed by atoms with Crippen LogP contribution in [0.5, 0.6) is 0 Å². The van der Waals surface area contributed by atoms with Gasteiger partial charge in [-0.05, 0) is 13.3 Å². The molecule has 78 valence electrons. The topological polar surface area (TPSA) is 75.0 Å². The van der Waals surface area contributed by atoms with Crippen molar-refractivity contribution in [2.45, 2.75) is 26.3 Å². The Kier molecular flexibility index (Phi) is 3.11. The highest BCUT2D eigenvalue weighted by molar-refractivity contribution is 5.98. The normalized spacial score (nSPS) is 12.5. The van der Waals surface area contributed by atoms with Gasteiger partial charge >= 0.3 is 0 Å². The monoisotopic (exact) mass is 196 g/mol. The molecule has 3 N–H and O–H groups in total. The van der Waals surface area contributed by atoms with Crippen LogP contribution in [0.25, 0.3) is 0 Å². The minimum absolute atomic E-state index is 0.0920. The Morgan fingerprint density at radius 3 is 2.86 bits per heavy atom. The van der Waals surface area contributed by atoms with Gasteiger partial charge in [0.15, 0.2) is 0 Å². The molecule has 1 atom stereocenters. The summed E-state index contributed by atoms with van der Waals surface area (Å²) < 4.78 is 0. The summed E-state index contributed by atoms with van der Waals surface area (Å²) in [6.07, 6.45) is 2.37. The summed E-state index contributed by atoms with van der Waals surface area (Å²) in [5.74, 6) is 0.232. The molecule has 1 heterocycles. The number of nitrogen functional groups attached to an aromatic ring is 1. The van der Waals surface area contributed by atoms with E-state index in [2.05, 4.69) is 10.2 Å². The quantitative estimate of drug-likeness (QED) is 0.753. The Hall–Kier alpha value is -1.52. The maximum absolute atomic E-state index is 11.8. The lowest BCUT2D eigenvalue weighted by atomic mass is 10.2. The van der Waals surface area contributed by atoms with E-state index in [9.17, 15) is 4.79 Å². The average molecular weight is 196 g/mol. The van der Waals surface area contributed by atoms with E-state index in [1.54, 1.807) is 11.9 Å². The molecule has 0 fully saturated rings. The predicted molar refractivity (Wildman–Crippen MR) is 54.8 cm³/mol. The maximum atomic E-state index is 11.8. The molecule has 5 heteroatoms. The Morgan fingerprint density at radius 2 is 2.43 bits per heavy atom. The van der Waals surface area contributed by atoms with E-state index < -0.39 is 0 Å². The lowest BCUT2D eigenvalue weighted by Gasteiger charge is -2.23. The first kappa shape index (κ1) is 10.6. The number of nitrogens with one attached hydrogen (secondary N) is 1. The number of aromatic amines is 1. The molecular formula is C9H16N4O. The smallest absolute Gasteiger partial charge is 0.259 e. The van der Waals surface area contributed by atoms with Crippen molar-refractivity contribution in [3.63, 3.8) is 0 Å².